The summed E-state index contributed by atoms with van der Waals surface area (Å²) in [4.78, 5) is 16.3. The van der Waals surface area contributed by atoms with E-state index in [-0.39, 0.29) is 12.5 Å². The summed E-state index contributed by atoms with van der Waals surface area (Å²) >= 11 is 0. The Labute approximate surface area is 165 Å². The van der Waals surface area contributed by atoms with E-state index in [0.29, 0.717) is 35.3 Å². The van der Waals surface area contributed by atoms with E-state index >= 15 is 0 Å². The van der Waals surface area contributed by atoms with Gasteiger partial charge in [0.25, 0.3) is 0 Å². The zero-order valence-electron chi connectivity index (χ0n) is 16.2. The lowest BCUT2D eigenvalue weighted by atomic mass is 10.2. The molecule has 0 saturated carbocycles. The summed E-state index contributed by atoms with van der Waals surface area (Å²) < 4.78 is 10.8. The van der Waals surface area contributed by atoms with Crippen LogP contribution >= 0.6 is 0 Å². The van der Waals surface area contributed by atoms with E-state index in [4.69, 9.17) is 15.9 Å². The van der Waals surface area contributed by atoms with Gasteiger partial charge in [-0.1, -0.05) is 12.0 Å². The maximum Gasteiger partial charge on any atom is 0.243 e. The van der Waals surface area contributed by atoms with Crippen LogP contribution in [0.3, 0.4) is 0 Å². The normalized spacial score (nSPS) is 10.6. The zero-order chi connectivity index (χ0) is 20.4. The molecule has 1 amide bonds. The lowest BCUT2D eigenvalue weighted by Gasteiger charge is -2.14. The Morgan fingerprint density at radius 1 is 1.14 bits per heavy atom. The number of methoxy groups -OCH3 is 1. The maximum atomic E-state index is 12.2. The summed E-state index contributed by atoms with van der Waals surface area (Å²) in [5.74, 6) is 4.02. The fourth-order valence-electron chi connectivity index (χ4n) is 2.39. The molecule has 0 aromatic heterocycles. The largest absolute Gasteiger partial charge is 0.493 e. The first kappa shape index (κ1) is 20.6. The number of guanidine groups is 1. The number of benzene rings is 2. The Balaban J connectivity index is 1.93. The molecule has 7 heteroatoms. The summed E-state index contributed by atoms with van der Waals surface area (Å²) in [6, 6.07) is 12.5. The van der Waals surface area contributed by atoms with Crippen LogP contribution in [0.25, 0.3) is 0 Å². The minimum Gasteiger partial charge on any atom is -0.493 e. The van der Waals surface area contributed by atoms with Crippen molar-refractivity contribution in [3.8, 4) is 23.8 Å². The van der Waals surface area contributed by atoms with Crippen LogP contribution in [-0.4, -0.2) is 39.2 Å². The molecule has 3 N–H and O–H groups in total. The third-order valence-electron chi connectivity index (χ3n) is 3.68. The van der Waals surface area contributed by atoms with Gasteiger partial charge in [0.2, 0.25) is 5.91 Å². The molecule has 7 nitrogen and oxygen atoms in total. The van der Waals surface area contributed by atoms with Crippen LogP contribution in [0.4, 0.5) is 11.4 Å². The number of nitrogens with zero attached hydrogens (tertiary/aromatic N) is 1. The van der Waals surface area contributed by atoms with Crippen LogP contribution in [0.5, 0.6) is 11.5 Å². The number of hydrogen-bond donors (Lipinski definition) is 3. The lowest BCUT2D eigenvalue weighted by molar-refractivity contribution is -0.115. The fourth-order valence-corrected chi connectivity index (χ4v) is 2.39. The van der Waals surface area contributed by atoms with E-state index in [9.17, 15) is 4.79 Å². The number of nitrogens with one attached hydrogen (secondary N) is 3. The van der Waals surface area contributed by atoms with Crippen molar-refractivity contribution < 1.29 is 14.3 Å². The van der Waals surface area contributed by atoms with Crippen molar-refractivity contribution in [3.05, 3.63) is 48.0 Å². The summed E-state index contributed by atoms with van der Waals surface area (Å²) in [6.45, 7) is 2.49. The number of aliphatic imine (C=N–C) groups is 1. The summed E-state index contributed by atoms with van der Waals surface area (Å²) in [7, 11) is 3.20. The number of anilines is 2. The van der Waals surface area contributed by atoms with Crippen molar-refractivity contribution in [3.63, 3.8) is 0 Å². The second-order valence-electron chi connectivity index (χ2n) is 5.62. The van der Waals surface area contributed by atoms with Crippen molar-refractivity contribution in [2.24, 2.45) is 4.99 Å². The Hall–Kier alpha value is -3.66. The van der Waals surface area contributed by atoms with E-state index in [2.05, 4.69) is 26.9 Å². The molecule has 0 saturated heterocycles. The van der Waals surface area contributed by atoms with Crippen LogP contribution in [0.2, 0.25) is 0 Å². The van der Waals surface area contributed by atoms with Crippen molar-refractivity contribution in [2.45, 2.75) is 6.92 Å². The quantitative estimate of drug-likeness (QED) is 0.391. The van der Waals surface area contributed by atoms with Crippen molar-refractivity contribution in [1.82, 2.24) is 5.32 Å². The summed E-state index contributed by atoms with van der Waals surface area (Å²) in [5, 5.41) is 8.85. The maximum absolute atomic E-state index is 12.2. The van der Waals surface area contributed by atoms with Gasteiger partial charge >= 0.3 is 0 Å². The second-order valence-corrected chi connectivity index (χ2v) is 5.62. The van der Waals surface area contributed by atoms with Gasteiger partial charge in [0, 0.05) is 30.1 Å². The van der Waals surface area contributed by atoms with E-state index in [1.54, 1.807) is 44.5 Å². The highest BCUT2D eigenvalue weighted by Crippen LogP contribution is 2.30. The number of rotatable bonds is 7. The first-order valence-corrected chi connectivity index (χ1v) is 8.74. The SMILES string of the molecule is C#Cc1cccc(NC(=O)CNC(=NC)Nc2ccc(OCC)c(OC)c2)c1. The number of amides is 1. The lowest BCUT2D eigenvalue weighted by Crippen LogP contribution is -2.37. The highest BCUT2D eigenvalue weighted by molar-refractivity contribution is 5.99. The predicted octanol–water partition coefficient (Wildman–Crippen LogP) is 2.70. The first-order valence-electron chi connectivity index (χ1n) is 8.74. The highest BCUT2D eigenvalue weighted by Gasteiger charge is 2.08. The highest BCUT2D eigenvalue weighted by atomic mass is 16.5. The number of carbonyl (C=O) groups excluding carboxylic acids is 1. The van der Waals surface area contributed by atoms with Gasteiger partial charge in [-0.25, -0.2) is 0 Å². The number of terminal acetylenes is 1. The van der Waals surface area contributed by atoms with E-state index < -0.39 is 0 Å². The van der Waals surface area contributed by atoms with Gasteiger partial charge in [0.1, 0.15) is 0 Å². The summed E-state index contributed by atoms with van der Waals surface area (Å²) in [6.07, 6.45) is 5.37. The topological polar surface area (TPSA) is 84.0 Å². The molecule has 0 heterocycles. The number of ether oxygens (including phenoxy) is 2. The molecular weight excluding hydrogens is 356 g/mol. The molecule has 0 aliphatic rings. The van der Waals surface area contributed by atoms with Gasteiger partial charge in [0.15, 0.2) is 17.5 Å². The number of hydrogen-bond acceptors (Lipinski definition) is 4. The minimum atomic E-state index is -0.221. The molecule has 0 bridgehead atoms. The smallest absolute Gasteiger partial charge is 0.243 e. The molecule has 0 spiro atoms. The molecule has 0 atom stereocenters. The molecule has 0 unspecified atom stereocenters. The third-order valence-corrected chi connectivity index (χ3v) is 3.68. The van der Waals surface area contributed by atoms with Crippen LogP contribution in [0.1, 0.15) is 12.5 Å². The zero-order valence-corrected chi connectivity index (χ0v) is 16.2. The molecule has 2 aromatic carbocycles. The van der Waals surface area contributed by atoms with Gasteiger partial charge in [0.05, 0.1) is 20.3 Å². The average Bonchev–Trinajstić information content (AvgIpc) is 2.72. The van der Waals surface area contributed by atoms with Gasteiger partial charge in [-0.05, 0) is 37.3 Å². The Kier molecular flexibility index (Phi) is 7.73. The minimum absolute atomic E-state index is 0.0358. The van der Waals surface area contributed by atoms with Crippen LogP contribution in [0, 0.1) is 12.3 Å². The monoisotopic (exact) mass is 380 g/mol. The van der Waals surface area contributed by atoms with Gasteiger partial charge < -0.3 is 25.4 Å². The molecule has 28 heavy (non-hydrogen) atoms. The Morgan fingerprint density at radius 3 is 2.61 bits per heavy atom. The fraction of sp³-hybridized carbons (Fsp3) is 0.238. The molecule has 0 aliphatic heterocycles. The van der Waals surface area contributed by atoms with Crippen molar-refractivity contribution in [1.29, 1.82) is 0 Å². The Bertz CT molecular complexity index is 887. The van der Waals surface area contributed by atoms with E-state index in [1.165, 1.54) is 0 Å². The average molecular weight is 380 g/mol. The third kappa shape index (κ3) is 5.95. The van der Waals surface area contributed by atoms with Crippen LogP contribution < -0.4 is 25.4 Å². The molecule has 2 rings (SSSR count). The van der Waals surface area contributed by atoms with Gasteiger partial charge in [-0.3, -0.25) is 9.79 Å². The van der Waals surface area contributed by atoms with Crippen molar-refractivity contribution >= 4 is 23.2 Å². The van der Waals surface area contributed by atoms with Crippen LogP contribution in [0.15, 0.2) is 47.5 Å². The predicted molar refractivity (Wildman–Crippen MR) is 112 cm³/mol. The molecule has 0 aliphatic carbocycles. The van der Waals surface area contributed by atoms with Crippen molar-refractivity contribution in [2.75, 3.05) is 37.9 Å². The van der Waals surface area contributed by atoms with E-state index in [1.807, 2.05) is 19.1 Å². The van der Waals surface area contributed by atoms with Gasteiger partial charge in [-0.2, -0.15) is 0 Å². The summed E-state index contributed by atoms with van der Waals surface area (Å²) in [5.41, 5.74) is 2.09. The molecule has 0 radical (unpaired) electrons. The van der Waals surface area contributed by atoms with Crippen LogP contribution in [-0.2, 0) is 4.79 Å². The standard InChI is InChI=1S/C21H24N4O3/c1-5-15-8-7-9-16(12-15)24-20(26)14-23-21(22-3)25-17-10-11-18(28-6-2)19(13-17)27-4/h1,7-13H,6,14H2,2-4H3,(H,24,26)(H2,22,23,25). The molecule has 146 valence electrons. The number of carbonyl (C=O) groups is 1. The van der Waals surface area contributed by atoms with E-state index in [0.717, 1.165) is 5.69 Å². The van der Waals surface area contributed by atoms with Gasteiger partial charge in [-0.15, -0.1) is 6.42 Å². The second kappa shape index (κ2) is 10.5. The molecular formula is C21H24N4O3. The molecule has 2 aromatic rings. The molecule has 0 fully saturated rings. The first-order chi connectivity index (χ1) is 13.6. The Morgan fingerprint density at radius 2 is 1.93 bits per heavy atom.